The van der Waals surface area contributed by atoms with E-state index in [1.54, 1.807) is 11.3 Å². The van der Waals surface area contributed by atoms with Crippen molar-refractivity contribution in [3.05, 3.63) is 20.8 Å². The molecule has 118 valence electrons. The molecule has 3 rings (SSSR count). The van der Waals surface area contributed by atoms with E-state index in [0.29, 0.717) is 23.9 Å². The Bertz CT molecular complexity index is 484. The molecule has 2 aliphatic rings. The van der Waals surface area contributed by atoms with Gasteiger partial charge in [0.1, 0.15) is 0 Å². The Morgan fingerprint density at radius 2 is 2.10 bits per heavy atom. The molecular formula is C15H22BrClN2OS. The zero-order chi connectivity index (χ0) is 14.1. The fourth-order valence-electron chi connectivity index (χ4n) is 3.50. The Hall–Kier alpha value is -0.100. The molecule has 2 aliphatic heterocycles. The number of nitrogens with one attached hydrogen (secondary N) is 1. The lowest BCUT2D eigenvalue weighted by Crippen LogP contribution is -2.39. The van der Waals surface area contributed by atoms with Gasteiger partial charge >= 0.3 is 0 Å². The van der Waals surface area contributed by atoms with E-state index in [4.69, 9.17) is 0 Å². The third kappa shape index (κ3) is 4.44. The molecule has 6 heteroatoms. The average Bonchev–Trinajstić information content (AvgIpc) is 2.95. The quantitative estimate of drug-likeness (QED) is 0.843. The first kappa shape index (κ1) is 17.3. The summed E-state index contributed by atoms with van der Waals surface area (Å²) in [5.41, 5.74) is 0. The number of piperidine rings is 1. The molecule has 1 amide bonds. The van der Waals surface area contributed by atoms with E-state index in [1.807, 2.05) is 11.9 Å². The zero-order valence-electron chi connectivity index (χ0n) is 12.2. The van der Waals surface area contributed by atoms with Crippen LogP contribution in [0.25, 0.3) is 0 Å². The molecule has 1 aromatic heterocycles. The lowest BCUT2D eigenvalue weighted by Gasteiger charge is -2.29. The highest BCUT2D eigenvalue weighted by Crippen LogP contribution is 2.33. The summed E-state index contributed by atoms with van der Waals surface area (Å²) in [7, 11) is 1.92. The fourth-order valence-corrected chi connectivity index (χ4v) is 5.01. The highest BCUT2D eigenvalue weighted by Gasteiger charge is 2.34. The summed E-state index contributed by atoms with van der Waals surface area (Å²) in [6, 6.07) is 3.44. The molecule has 2 atom stereocenters. The minimum atomic E-state index is 0. The molecule has 0 spiro atoms. The van der Waals surface area contributed by atoms with Gasteiger partial charge in [-0.3, -0.25) is 4.79 Å². The molecule has 0 radical (unpaired) electrons. The highest BCUT2D eigenvalue weighted by atomic mass is 79.9. The number of hydrogen-bond donors (Lipinski definition) is 1. The SMILES string of the molecule is CN(Cc1cc(Br)cs1)C(=O)CC1CC2CCC(C1)N2.Cl. The van der Waals surface area contributed by atoms with E-state index >= 15 is 0 Å². The third-order valence-electron chi connectivity index (χ3n) is 4.47. The summed E-state index contributed by atoms with van der Waals surface area (Å²) in [6.45, 7) is 0.729. The number of hydrogen-bond acceptors (Lipinski definition) is 3. The van der Waals surface area contributed by atoms with E-state index in [2.05, 4.69) is 32.7 Å². The Balaban J connectivity index is 0.00000161. The molecule has 3 nitrogen and oxygen atoms in total. The lowest BCUT2D eigenvalue weighted by molar-refractivity contribution is -0.131. The topological polar surface area (TPSA) is 32.3 Å². The van der Waals surface area contributed by atoms with Crippen LogP contribution in [-0.4, -0.2) is 29.9 Å². The average molecular weight is 394 g/mol. The predicted octanol–water partition coefficient (Wildman–Crippen LogP) is 3.81. The summed E-state index contributed by atoms with van der Waals surface area (Å²) in [4.78, 5) is 15.5. The molecule has 0 saturated carbocycles. The van der Waals surface area contributed by atoms with E-state index in [9.17, 15) is 4.79 Å². The normalized spacial score (nSPS) is 27.2. The Kier molecular flexibility index (Phi) is 6.12. The van der Waals surface area contributed by atoms with Crippen LogP contribution in [0.3, 0.4) is 0 Å². The molecule has 2 unspecified atom stereocenters. The molecular weight excluding hydrogens is 372 g/mol. The molecule has 21 heavy (non-hydrogen) atoms. The first-order chi connectivity index (χ1) is 9.60. The smallest absolute Gasteiger partial charge is 0.222 e. The summed E-state index contributed by atoms with van der Waals surface area (Å²) in [6.07, 6.45) is 5.68. The second-order valence-corrected chi connectivity index (χ2v) is 8.07. The van der Waals surface area contributed by atoms with Crippen LogP contribution in [0.2, 0.25) is 0 Å². The molecule has 2 saturated heterocycles. The molecule has 1 aromatic rings. The Morgan fingerprint density at radius 1 is 1.43 bits per heavy atom. The number of fused-ring (bicyclic) bond motifs is 2. The maximum atomic E-state index is 12.4. The zero-order valence-corrected chi connectivity index (χ0v) is 15.4. The molecule has 3 heterocycles. The second-order valence-electron chi connectivity index (χ2n) is 6.16. The predicted molar refractivity (Wildman–Crippen MR) is 93.0 cm³/mol. The lowest BCUT2D eigenvalue weighted by atomic mass is 9.89. The van der Waals surface area contributed by atoms with Crippen LogP contribution in [0.4, 0.5) is 0 Å². The van der Waals surface area contributed by atoms with Gasteiger partial charge in [0.25, 0.3) is 0 Å². The van der Waals surface area contributed by atoms with Crippen LogP contribution in [0.15, 0.2) is 15.9 Å². The van der Waals surface area contributed by atoms with Gasteiger partial charge in [-0.1, -0.05) is 0 Å². The van der Waals surface area contributed by atoms with Gasteiger partial charge in [0, 0.05) is 40.3 Å². The number of nitrogens with zero attached hydrogens (tertiary/aromatic N) is 1. The Morgan fingerprint density at radius 3 is 2.67 bits per heavy atom. The molecule has 2 fully saturated rings. The first-order valence-corrected chi connectivity index (χ1v) is 9.00. The van der Waals surface area contributed by atoms with E-state index in [1.165, 1.54) is 30.6 Å². The van der Waals surface area contributed by atoms with Crippen LogP contribution < -0.4 is 5.32 Å². The van der Waals surface area contributed by atoms with Crippen molar-refractivity contribution in [2.45, 2.75) is 50.7 Å². The largest absolute Gasteiger partial charge is 0.341 e. The van der Waals surface area contributed by atoms with Crippen LogP contribution in [0, 0.1) is 5.92 Å². The van der Waals surface area contributed by atoms with Crippen molar-refractivity contribution < 1.29 is 4.79 Å². The number of carbonyl (C=O) groups excluding carboxylic acids is 1. The van der Waals surface area contributed by atoms with Gasteiger partial charge < -0.3 is 10.2 Å². The van der Waals surface area contributed by atoms with Gasteiger partial charge in [-0.25, -0.2) is 0 Å². The maximum absolute atomic E-state index is 12.4. The molecule has 0 aromatic carbocycles. The Labute approximate surface area is 145 Å². The van der Waals surface area contributed by atoms with Gasteiger partial charge in [-0.15, -0.1) is 23.7 Å². The standard InChI is InChI=1S/C15H21BrN2OS.ClH/c1-18(8-14-7-11(16)9-20-14)15(19)6-10-4-12-2-3-13(5-10)17-12;/h7,9-10,12-13,17H,2-6,8H2,1H3;1H. The van der Waals surface area contributed by atoms with Crippen LogP contribution >= 0.6 is 39.7 Å². The summed E-state index contributed by atoms with van der Waals surface area (Å²) in [5.74, 6) is 0.875. The van der Waals surface area contributed by atoms with Crippen molar-refractivity contribution in [1.82, 2.24) is 10.2 Å². The van der Waals surface area contributed by atoms with Crippen molar-refractivity contribution in [3.63, 3.8) is 0 Å². The number of carbonyl (C=O) groups is 1. The molecule has 1 N–H and O–H groups in total. The highest BCUT2D eigenvalue weighted by molar-refractivity contribution is 9.10. The minimum absolute atomic E-state index is 0. The van der Waals surface area contributed by atoms with E-state index in [0.717, 1.165) is 17.4 Å². The van der Waals surface area contributed by atoms with Crippen molar-refractivity contribution in [2.24, 2.45) is 5.92 Å². The third-order valence-corrected chi connectivity index (χ3v) is 6.16. The first-order valence-electron chi connectivity index (χ1n) is 7.33. The number of rotatable bonds is 4. The van der Waals surface area contributed by atoms with Gasteiger partial charge in [0.15, 0.2) is 0 Å². The van der Waals surface area contributed by atoms with Crippen LogP contribution in [0.5, 0.6) is 0 Å². The summed E-state index contributed by atoms with van der Waals surface area (Å²) < 4.78 is 1.10. The molecule has 0 aliphatic carbocycles. The second kappa shape index (κ2) is 7.44. The minimum Gasteiger partial charge on any atom is -0.341 e. The maximum Gasteiger partial charge on any atom is 0.222 e. The number of halogens is 2. The number of thiophene rings is 1. The number of amides is 1. The van der Waals surface area contributed by atoms with Crippen LogP contribution in [0.1, 0.15) is 37.0 Å². The van der Waals surface area contributed by atoms with E-state index < -0.39 is 0 Å². The van der Waals surface area contributed by atoms with E-state index in [-0.39, 0.29) is 12.4 Å². The fraction of sp³-hybridized carbons (Fsp3) is 0.667. The monoisotopic (exact) mass is 392 g/mol. The summed E-state index contributed by atoms with van der Waals surface area (Å²) >= 11 is 5.16. The summed E-state index contributed by atoms with van der Waals surface area (Å²) in [5, 5.41) is 5.70. The van der Waals surface area contributed by atoms with Gasteiger partial charge in [0.05, 0.1) is 6.54 Å². The van der Waals surface area contributed by atoms with Gasteiger partial charge in [-0.05, 0) is 53.6 Å². The van der Waals surface area contributed by atoms with Crippen LogP contribution in [-0.2, 0) is 11.3 Å². The molecule has 2 bridgehead atoms. The van der Waals surface area contributed by atoms with Crippen molar-refractivity contribution in [3.8, 4) is 0 Å². The van der Waals surface area contributed by atoms with Crippen molar-refractivity contribution >= 4 is 45.6 Å². The van der Waals surface area contributed by atoms with Gasteiger partial charge in [-0.2, -0.15) is 0 Å². The van der Waals surface area contributed by atoms with Gasteiger partial charge in [0.2, 0.25) is 5.91 Å². The van der Waals surface area contributed by atoms with Crippen molar-refractivity contribution in [1.29, 1.82) is 0 Å². The van der Waals surface area contributed by atoms with Crippen molar-refractivity contribution in [2.75, 3.05) is 7.05 Å².